The lowest BCUT2D eigenvalue weighted by molar-refractivity contribution is -0.133. The molecule has 0 spiro atoms. The maximum atomic E-state index is 10.7. The zero-order chi connectivity index (χ0) is 10.4. The van der Waals surface area contributed by atoms with Crippen molar-refractivity contribution in [3.63, 3.8) is 0 Å². The van der Waals surface area contributed by atoms with Crippen molar-refractivity contribution >= 4 is 17.3 Å². The number of carbonyl (C=O) groups is 1. The molecular formula is C10H10O3S. The van der Waals surface area contributed by atoms with E-state index in [1.165, 1.54) is 18.4 Å². The SMILES string of the molecule is COCc1csc(C#CC(=O)OC)c1. The van der Waals surface area contributed by atoms with Crippen molar-refractivity contribution in [2.75, 3.05) is 14.2 Å². The Hall–Kier alpha value is -1.31. The van der Waals surface area contributed by atoms with E-state index in [1.54, 1.807) is 7.11 Å². The van der Waals surface area contributed by atoms with Gasteiger partial charge in [0, 0.05) is 13.0 Å². The van der Waals surface area contributed by atoms with Gasteiger partial charge in [0.1, 0.15) is 0 Å². The average molecular weight is 210 g/mol. The summed E-state index contributed by atoms with van der Waals surface area (Å²) in [4.78, 5) is 11.5. The van der Waals surface area contributed by atoms with E-state index in [0.29, 0.717) is 6.61 Å². The molecular weight excluding hydrogens is 200 g/mol. The summed E-state index contributed by atoms with van der Waals surface area (Å²) in [7, 11) is 2.94. The predicted octanol–water partition coefficient (Wildman–Crippen LogP) is 1.42. The van der Waals surface area contributed by atoms with Crippen LogP contribution < -0.4 is 0 Å². The van der Waals surface area contributed by atoms with Gasteiger partial charge in [-0.1, -0.05) is 0 Å². The fourth-order valence-electron chi connectivity index (χ4n) is 0.847. The zero-order valence-electron chi connectivity index (χ0n) is 7.99. The third-order valence-corrected chi connectivity index (χ3v) is 2.33. The van der Waals surface area contributed by atoms with Crippen molar-refractivity contribution < 1.29 is 14.3 Å². The summed E-state index contributed by atoms with van der Waals surface area (Å²) in [5.74, 6) is 4.55. The number of carbonyl (C=O) groups excluding carboxylic acids is 1. The molecule has 0 amide bonds. The molecule has 74 valence electrons. The van der Waals surface area contributed by atoms with E-state index in [1.807, 2.05) is 11.4 Å². The Morgan fingerprint density at radius 2 is 2.36 bits per heavy atom. The predicted molar refractivity (Wildman–Crippen MR) is 53.9 cm³/mol. The third kappa shape index (κ3) is 3.21. The summed E-state index contributed by atoms with van der Waals surface area (Å²) >= 11 is 1.48. The summed E-state index contributed by atoms with van der Waals surface area (Å²) in [6, 6.07) is 1.89. The second kappa shape index (κ2) is 5.43. The van der Waals surface area contributed by atoms with E-state index in [0.717, 1.165) is 10.4 Å². The molecule has 1 aromatic rings. The van der Waals surface area contributed by atoms with Crippen LogP contribution in [0, 0.1) is 11.8 Å². The maximum Gasteiger partial charge on any atom is 0.384 e. The monoisotopic (exact) mass is 210 g/mol. The molecule has 1 rings (SSSR count). The molecule has 3 nitrogen and oxygen atoms in total. The summed E-state index contributed by atoms with van der Waals surface area (Å²) in [5, 5.41) is 1.95. The highest BCUT2D eigenvalue weighted by Gasteiger charge is 1.97. The highest BCUT2D eigenvalue weighted by Crippen LogP contribution is 2.13. The van der Waals surface area contributed by atoms with Crippen LogP contribution in [0.4, 0.5) is 0 Å². The topological polar surface area (TPSA) is 35.5 Å². The maximum absolute atomic E-state index is 10.7. The van der Waals surface area contributed by atoms with Gasteiger partial charge >= 0.3 is 5.97 Å². The molecule has 0 bridgehead atoms. The van der Waals surface area contributed by atoms with Gasteiger partial charge in [-0.3, -0.25) is 0 Å². The van der Waals surface area contributed by atoms with Gasteiger partial charge in [0.2, 0.25) is 0 Å². The number of hydrogen-bond acceptors (Lipinski definition) is 4. The van der Waals surface area contributed by atoms with Gasteiger partial charge in [0.05, 0.1) is 18.6 Å². The Bertz CT molecular complexity index is 370. The first-order chi connectivity index (χ1) is 6.76. The van der Waals surface area contributed by atoms with E-state index in [-0.39, 0.29) is 0 Å². The lowest BCUT2D eigenvalue weighted by atomic mass is 10.3. The van der Waals surface area contributed by atoms with Gasteiger partial charge in [0.25, 0.3) is 0 Å². The van der Waals surface area contributed by atoms with Crippen LogP contribution in [0.25, 0.3) is 0 Å². The van der Waals surface area contributed by atoms with Gasteiger partial charge in [-0.25, -0.2) is 4.79 Å². The second-order valence-corrected chi connectivity index (χ2v) is 3.41. The summed E-state index contributed by atoms with van der Waals surface area (Å²) in [6.45, 7) is 0.566. The Morgan fingerprint density at radius 3 is 3.00 bits per heavy atom. The lowest BCUT2D eigenvalue weighted by Crippen LogP contribution is -1.93. The number of rotatable bonds is 2. The van der Waals surface area contributed by atoms with Gasteiger partial charge in [-0.2, -0.15) is 0 Å². The molecule has 14 heavy (non-hydrogen) atoms. The van der Waals surface area contributed by atoms with Gasteiger partial charge in [-0.05, 0) is 22.9 Å². The van der Waals surface area contributed by atoms with Crippen molar-refractivity contribution in [2.45, 2.75) is 6.61 Å². The molecule has 0 unspecified atom stereocenters. The Kier molecular flexibility index (Phi) is 4.17. The van der Waals surface area contributed by atoms with E-state index in [2.05, 4.69) is 16.6 Å². The Labute approximate surface area is 86.6 Å². The first-order valence-corrected chi connectivity index (χ1v) is 4.80. The van der Waals surface area contributed by atoms with E-state index in [9.17, 15) is 4.79 Å². The van der Waals surface area contributed by atoms with Crippen molar-refractivity contribution in [3.05, 3.63) is 21.9 Å². The third-order valence-electron chi connectivity index (χ3n) is 1.44. The lowest BCUT2D eigenvalue weighted by Gasteiger charge is -1.89. The number of hydrogen-bond donors (Lipinski definition) is 0. The van der Waals surface area contributed by atoms with Crippen molar-refractivity contribution in [3.8, 4) is 11.8 Å². The van der Waals surface area contributed by atoms with Gasteiger partial charge in [-0.15, -0.1) is 11.3 Å². The number of esters is 1. The van der Waals surface area contributed by atoms with Crippen LogP contribution in [-0.4, -0.2) is 20.2 Å². The molecule has 0 aliphatic rings. The number of ether oxygens (including phenoxy) is 2. The minimum atomic E-state index is -0.522. The number of thiophene rings is 1. The van der Waals surface area contributed by atoms with Crippen molar-refractivity contribution in [1.29, 1.82) is 0 Å². The molecule has 0 atom stereocenters. The molecule has 1 aromatic heterocycles. The molecule has 1 heterocycles. The minimum absolute atomic E-state index is 0.522. The smallest absolute Gasteiger partial charge is 0.384 e. The summed E-state index contributed by atoms with van der Waals surface area (Å²) in [5.41, 5.74) is 1.06. The zero-order valence-corrected chi connectivity index (χ0v) is 8.81. The van der Waals surface area contributed by atoms with Crippen molar-refractivity contribution in [1.82, 2.24) is 0 Å². The van der Waals surface area contributed by atoms with Crippen LogP contribution >= 0.6 is 11.3 Å². The minimum Gasteiger partial charge on any atom is -0.459 e. The molecule has 0 saturated carbocycles. The highest BCUT2D eigenvalue weighted by atomic mass is 32.1. The molecule has 0 aromatic carbocycles. The fourth-order valence-corrected chi connectivity index (χ4v) is 1.59. The fraction of sp³-hybridized carbons (Fsp3) is 0.300. The average Bonchev–Trinajstić information content (AvgIpc) is 2.63. The van der Waals surface area contributed by atoms with Crippen LogP contribution in [-0.2, 0) is 20.9 Å². The van der Waals surface area contributed by atoms with E-state index in [4.69, 9.17) is 4.74 Å². The van der Waals surface area contributed by atoms with Crippen LogP contribution in [0.15, 0.2) is 11.4 Å². The van der Waals surface area contributed by atoms with Crippen LogP contribution in [0.3, 0.4) is 0 Å². The Morgan fingerprint density at radius 1 is 1.57 bits per heavy atom. The van der Waals surface area contributed by atoms with Crippen LogP contribution in [0.2, 0.25) is 0 Å². The molecule has 4 heteroatoms. The Balaban J connectivity index is 2.66. The first kappa shape index (κ1) is 10.8. The molecule has 0 radical (unpaired) electrons. The van der Waals surface area contributed by atoms with E-state index >= 15 is 0 Å². The largest absolute Gasteiger partial charge is 0.459 e. The van der Waals surface area contributed by atoms with Crippen LogP contribution in [0.5, 0.6) is 0 Å². The molecule has 0 fully saturated rings. The number of methoxy groups -OCH3 is 2. The summed E-state index contributed by atoms with van der Waals surface area (Å²) < 4.78 is 9.35. The van der Waals surface area contributed by atoms with Gasteiger partial charge in [0.15, 0.2) is 0 Å². The van der Waals surface area contributed by atoms with Crippen LogP contribution in [0.1, 0.15) is 10.4 Å². The standard InChI is InChI=1S/C10H10O3S/c1-12-6-8-5-9(14-7-8)3-4-10(11)13-2/h5,7H,6H2,1-2H3. The second-order valence-electron chi connectivity index (χ2n) is 2.49. The quantitative estimate of drug-likeness (QED) is 0.547. The van der Waals surface area contributed by atoms with E-state index < -0.39 is 5.97 Å². The first-order valence-electron chi connectivity index (χ1n) is 3.92. The molecule has 0 N–H and O–H groups in total. The molecule has 0 aliphatic carbocycles. The molecule has 0 aliphatic heterocycles. The normalized spacial score (nSPS) is 9.00. The summed E-state index contributed by atoms with van der Waals surface area (Å²) in [6.07, 6.45) is 0. The molecule has 0 saturated heterocycles. The highest BCUT2D eigenvalue weighted by molar-refractivity contribution is 7.10. The van der Waals surface area contributed by atoms with Crippen molar-refractivity contribution in [2.24, 2.45) is 0 Å². The van der Waals surface area contributed by atoms with Gasteiger partial charge < -0.3 is 9.47 Å².